The summed E-state index contributed by atoms with van der Waals surface area (Å²) in [5, 5.41) is 14.9. The molecular weight excluding hydrogens is 297 g/mol. The Morgan fingerprint density at radius 3 is 2.96 bits per heavy atom. The standard InChI is InChI=1S/C16H16FN5O/c17-13-8-11(22-16-15(9-18)19-5-6-20-16)3-4-14(13)21-10-12-2-1-7-23-12/h3-6,8,12,21H,1-2,7,10H2,(H,20,22)/t12-/m1/s1. The quantitative estimate of drug-likeness (QED) is 0.883. The number of aromatic nitrogens is 2. The molecule has 6 nitrogen and oxygen atoms in total. The molecule has 0 saturated carbocycles. The molecule has 2 N–H and O–H groups in total. The minimum absolute atomic E-state index is 0.144. The van der Waals surface area contributed by atoms with Gasteiger partial charge in [0.25, 0.3) is 0 Å². The number of hydrogen-bond donors (Lipinski definition) is 2. The third-order valence-corrected chi connectivity index (χ3v) is 3.58. The second-order valence-corrected chi connectivity index (χ2v) is 5.20. The molecule has 7 heteroatoms. The van der Waals surface area contributed by atoms with E-state index in [4.69, 9.17) is 10.00 Å². The molecule has 1 aliphatic heterocycles. The highest BCUT2D eigenvalue weighted by atomic mass is 19.1. The van der Waals surface area contributed by atoms with Crippen molar-refractivity contribution in [2.24, 2.45) is 0 Å². The van der Waals surface area contributed by atoms with E-state index in [1.54, 1.807) is 12.1 Å². The zero-order valence-electron chi connectivity index (χ0n) is 12.4. The van der Waals surface area contributed by atoms with Crippen LogP contribution in [0.4, 0.5) is 21.6 Å². The highest BCUT2D eigenvalue weighted by molar-refractivity contribution is 5.63. The summed E-state index contributed by atoms with van der Waals surface area (Å²) in [4.78, 5) is 7.94. The van der Waals surface area contributed by atoms with Crippen molar-refractivity contribution in [1.82, 2.24) is 9.97 Å². The van der Waals surface area contributed by atoms with Gasteiger partial charge in [0, 0.05) is 31.2 Å². The van der Waals surface area contributed by atoms with Crippen LogP contribution in [-0.4, -0.2) is 29.2 Å². The molecule has 2 aromatic rings. The van der Waals surface area contributed by atoms with Gasteiger partial charge in [-0.25, -0.2) is 14.4 Å². The van der Waals surface area contributed by atoms with E-state index in [1.165, 1.54) is 18.5 Å². The van der Waals surface area contributed by atoms with Crippen LogP contribution in [0, 0.1) is 17.1 Å². The first-order valence-corrected chi connectivity index (χ1v) is 7.39. The molecule has 0 unspecified atom stereocenters. The fourth-order valence-corrected chi connectivity index (χ4v) is 2.41. The molecule has 0 amide bonds. The Bertz CT molecular complexity index is 725. The lowest BCUT2D eigenvalue weighted by atomic mass is 10.2. The molecule has 1 fully saturated rings. The lowest BCUT2D eigenvalue weighted by Crippen LogP contribution is -2.18. The van der Waals surface area contributed by atoms with Crippen LogP contribution in [0.2, 0.25) is 0 Å². The maximum absolute atomic E-state index is 14.2. The lowest BCUT2D eigenvalue weighted by molar-refractivity contribution is 0.120. The average Bonchev–Trinajstić information content (AvgIpc) is 3.08. The van der Waals surface area contributed by atoms with Gasteiger partial charge in [0.2, 0.25) is 0 Å². The van der Waals surface area contributed by atoms with Crippen LogP contribution < -0.4 is 10.6 Å². The highest BCUT2D eigenvalue weighted by Gasteiger charge is 2.15. The molecule has 1 saturated heterocycles. The number of halogens is 1. The van der Waals surface area contributed by atoms with Gasteiger partial charge >= 0.3 is 0 Å². The van der Waals surface area contributed by atoms with Crippen molar-refractivity contribution in [3.63, 3.8) is 0 Å². The van der Waals surface area contributed by atoms with Gasteiger partial charge in [-0.3, -0.25) is 0 Å². The van der Waals surface area contributed by atoms with E-state index >= 15 is 0 Å². The van der Waals surface area contributed by atoms with E-state index in [0.717, 1.165) is 19.4 Å². The number of hydrogen-bond acceptors (Lipinski definition) is 6. The summed E-state index contributed by atoms with van der Waals surface area (Å²) >= 11 is 0. The van der Waals surface area contributed by atoms with Crippen LogP contribution in [0.5, 0.6) is 0 Å². The predicted octanol–water partition coefficient (Wildman–Crippen LogP) is 2.82. The van der Waals surface area contributed by atoms with Gasteiger partial charge in [0.05, 0.1) is 11.8 Å². The Labute approximate surface area is 133 Å². The van der Waals surface area contributed by atoms with Crippen LogP contribution in [-0.2, 0) is 4.74 Å². The first-order valence-electron chi connectivity index (χ1n) is 7.39. The summed E-state index contributed by atoms with van der Waals surface area (Å²) in [6.07, 6.45) is 5.10. The summed E-state index contributed by atoms with van der Waals surface area (Å²) in [5.74, 6) is -0.0788. The number of nitrogens with zero attached hydrogens (tertiary/aromatic N) is 3. The Morgan fingerprint density at radius 1 is 1.35 bits per heavy atom. The molecule has 118 valence electrons. The van der Waals surface area contributed by atoms with E-state index in [9.17, 15) is 4.39 Å². The third kappa shape index (κ3) is 3.73. The molecule has 1 aromatic heterocycles. The van der Waals surface area contributed by atoms with E-state index in [0.29, 0.717) is 23.7 Å². The first-order chi connectivity index (χ1) is 11.3. The molecule has 23 heavy (non-hydrogen) atoms. The largest absolute Gasteiger partial charge is 0.380 e. The van der Waals surface area contributed by atoms with Gasteiger partial charge in [-0.2, -0.15) is 5.26 Å². The van der Waals surface area contributed by atoms with Crippen molar-refractivity contribution in [3.05, 3.63) is 42.1 Å². The summed E-state index contributed by atoms with van der Waals surface area (Å²) in [6, 6.07) is 6.66. The maximum Gasteiger partial charge on any atom is 0.183 e. The van der Waals surface area contributed by atoms with Crippen molar-refractivity contribution in [2.45, 2.75) is 18.9 Å². The van der Waals surface area contributed by atoms with Crippen LogP contribution in [0.25, 0.3) is 0 Å². The van der Waals surface area contributed by atoms with Gasteiger partial charge in [-0.1, -0.05) is 0 Å². The Balaban J connectivity index is 1.67. The Morgan fingerprint density at radius 2 is 2.22 bits per heavy atom. The fraction of sp³-hybridized carbons (Fsp3) is 0.312. The Hall–Kier alpha value is -2.72. The van der Waals surface area contributed by atoms with Gasteiger partial charge in [0.1, 0.15) is 11.9 Å². The van der Waals surface area contributed by atoms with E-state index in [2.05, 4.69) is 20.6 Å². The number of rotatable bonds is 5. The van der Waals surface area contributed by atoms with Gasteiger partial charge < -0.3 is 15.4 Å². The zero-order valence-corrected chi connectivity index (χ0v) is 12.4. The number of anilines is 3. The average molecular weight is 313 g/mol. The van der Waals surface area contributed by atoms with E-state index in [-0.39, 0.29) is 17.6 Å². The van der Waals surface area contributed by atoms with Crippen molar-refractivity contribution < 1.29 is 9.13 Å². The first kappa shape index (κ1) is 15.2. The third-order valence-electron chi connectivity index (χ3n) is 3.58. The van der Waals surface area contributed by atoms with Gasteiger partial charge in [-0.15, -0.1) is 0 Å². The van der Waals surface area contributed by atoms with Crippen LogP contribution in [0.15, 0.2) is 30.6 Å². The molecule has 2 heterocycles. The molecule has 3 rings (SSSR count). The van der Waals surface area contributed by atoms with Crippen LogP contribution >= 0.6 is 0 Å². The second-order valence-electron chi connectivity index (χ2n) is 5.20. The number of nitriles is 1. The monoisotopic (exact) mass is 313 g/mol. The second kappa shape index (κ2) is 7.03. The highest BCUT2D eigenvalue weighted by Crippen LogP contribution is 2.23. The fourth-order valence-electron chi connectivity index (χ4n) is 2.41. The molecule has 0 radical (unpaired) electrons. The summed E-state index contributed by atoms with van der Waals surface area (Å²) in [7, 11) is 0. The van der Waals surface area contributed by atoms with E-state index < -0.39 is 0 Å². The number of benzene rings is 1. The minimum atomic E-state index is -0.379. The maximum atomic E-state index is 14.2. The normalized spacial score (nSPS) is 16.8. The van der Waals surface area contributed by atoms with Crippen molar-refractivity contribution in [3.8, 4) is 6.07 Å². The van der Waals surface area contributed by atoms with Gasteiger partial charge in [-0.05, 0) is 31.0 Å². The summed E-state index contributed by atoms with van der Waals surface area (Å²) in [6.45, 7) is 1.36. The molecule has 1 aliphatic rings. The molecule has 1 atom stereocenters. The molecule has 1 aromatic carbocycles. The van der Waals surface area contributed by atoms with E-state index in [1.807, 2.05) is 6.07 Å². The lowest BCUT2D eigenvalue weighted by Gasteiger charge is -2.13. The minimum Gasteiger partial charge on any atom is -0.380 e. The number of ether oxygens (including phenoxy) is 1. The SMILES string of the molecule is N#Cc1nccnc1Nc1ccc(NC[C@H]2CCCO2)c(F)c1. The molecule has 0 bridgehead atoms. The molecule has 0 spiro atoms. The van der Waals surface area contributed by atoms with Crippen molar-refractivity contribution in [2.75, 3.05) is 23.8 Å². The topological polar surface area (TPSA) is 82.9 Å². The number of nitrogens with one attached hydrogen (secondary N) is 2. The predicted molar refractivity (Wildman–Crippen MR) is 83.9 cm³/mol. The summed E-state index contributed by atoms with van der Waals surface area (Å²) < 4.78 is 19.7. The smallest absolute Gasteiger partial charge is 0.183 e. The Kier molecular flexibility index (Phi) is 4.64. The zero-order chi connectivity index (χ0) is 16.1. The molecule has 0 aliphatic carbocycles. The van der Waals surface area contributed by atoms with Gasteiger partial charge in [0.15, 0.2) is 11.5 Å². The van der Waals surface area contributed by atoms with Crippen molar-refractivity contribution >= 4 is 17.2 Å². The van der Waals surface area contributed by atoms with Crippen molar-refractivity contribution in [1.29, 1.82) is 5.26 Å². The van der Waals surface area contributed by atoms with Crippen LogP contribution in [0.3, 0.4) is 0 Å². The van der Waals surface area contributed by atoms with Crippen LogP contribution in [0.1, 0.15) is 18.5 Å². The summed E-state index contributed by atoms with van der Waals surface area (Å²) in [5.41, 5.74) is 1.08. The molecular formula is C16H16FN5O.